The molecule has 0 aliphatic heterocycles. The second kappa shape index (κ2) is 7.27. The van der Waals surface area contributed by atoms with Gasteiger partial charge in [-0.05, 0) is 30.3 Å². The van der Waals surface area contributed by atoms with Gasteiger partial charge in [-0.1, -0.05) is 11.8 Å². The zero-order chi connectivity index (χ0) is 15.1. The van der Waals surface area contributed by atoms with Gasteiger partial charge in [0.15, 0.2) is 0 Å². The maximum absolute atomic E-state index is 12.0. The first-order chi connectivity index (χ1) is 10.2. The molecule has 2 N–H and O–H groups in total. The standard InChI is InChI=1S/C16H17N3O2/c1-19-10-9-15(18-19)12-17-16(21)14-7-5-13(6-8-14)4-2-3-11-20/h5-10,20H,3,11-12H2,1H3,(H,17,21). The SMILES string of the molecule is Cn1ccc(CNC(=O)c2ccc(C#CCCO)cc2)n1. The molecule has 1 heterocycles. The summed E-state index contributed by atoms with van der Waals surface area (Å²) < 4.78 is 1.70. The molecule has 0 aliphatic rings. The van der Waals surface area contributed by atoms with Crippen LogP contribution >= 0.6 is 0 Å². The van der Waals surface area contributed by atoms with Gasteiger partial charge in [0.05, 0.1) is 18.8 Å². The van der Waals surface area contributed by atoms with E-state index in [0.29, 0.717) is 18.5 Å². The first-order valence-electron chi connectivity index (χ1n) is 6.65. The normalized spacial score (nSPS) is 9.81. The number of aryl methyl sites for hydroxylation is 1. The van der Waals surface area contributed by atoms with E-state index in [1.807, 2.05) is 19.3 Å². The van der Waals surface area contributed by atoms with E-state index >= 15 is 0 Å². The highest BCUT2D eigenvalue weighted by atomic mass is 16.2. The summed E-state index contributed by atoms with van der Waals surface area (Å²) in [5.74, 6) is 5.61. The Morgan fingerprint density at radius 3 is 2.71 bits per heavy atom. The number of aromatic nitrogens is 2. The lowest BCUT2D eigenvalue weighted by Gasteiger charge is -2.03. The van der Waals surface area contributed by atoms with E-state index in [9.17, 15) is 4.79 Å². The van der Waals surface area contributed by atoms with Gasteiger partial charge in [-0.15, -0.1) is 0 Å². The molecule has 0 bridgehead atoms. The molecule has 0 radical (unpaired) electrons. The minimum atomic E-state index is -0.143. The molecule has 0 saturated carbocycles. The number of carbonyl (C=O) groups is 1. The lowest BCUT2D eigenvalue weighted by molar-refractivity contribution is 0.0950. The molecule has 0 spiro atoms. The first-order valence-corrected chi connectivity index (χ1v) is 6.65. The summed E-state index contributed by atoms with van der Waals surface area (Å²) in [5, 5.41) is 15.7. The van der Waals surface area contributed by atoms with Crippen LogP contribution in [0.25, 0.3) is 0 Å². The van der Waals surface area contributed by atoms with Crippen molar-refractivity contribution in [1.29, 1.82) is 0 Å². The van der Waals surface area contributed by atoms with Crippen molar-refractivity contribution in [1.82, 2.24) is 15.1 Å². The summed E-state index contributed by atoms with van der Waals surface area (Å²) in [4.78, 5) is 12.0. The Morgan fingerprint density at radius 1 is 1.33 bits per heavy atom. The molecule has 0 atom stereocenters. The second-order valence-electron chi connectivity index (χ2n) is 4.52. The average Bonchev–Trinajstić information content (AvgIpc) is 2.91. The third-order valence-corrected chi connectivity index (χ3v) is 2.82. The van der Waals surface area contributed by atoms with Gasteiger partial charge in [0.1, 0.15) is 0 Å². The second-order valence-corrected chi connectivity index (χ2v) is 4.52. The van der Waals surface area contributed by atoms with E-state index in [2.05, 4.69) is 22.3 Å². The van der Waals surface area contributed by atoms with Gasteiger partial charge in [0.25, 0.3) is 5.91 Å². The molecule has 21 heavy (non-hydrogen) atoms. The quantitative estimate of drug-likeness (QED) is 0.825. The Labute approximate surface area is 123 Å². The number of rotatable bonds is 4. The van der Waals surface area contributed by atoms with Crippen LogP contribution in [0.3, 0.4) is 0 Å². The minimum Gasteiger partial charge on any atom is -0.395 e. The number of hydrogen-bond donors (Lipinski definition) is 2. The Morgan fingerprint density at radius 2 is 2.10 bits per heavy atom. The summed E-state index contributed by atoms with van der Waals surface area (Å²) in [6, 6.07) is 8.91. The highest BCUT2D eigenvalue weighted by Gasteiger charge is 2.05. The summed E-state index contributed by atoms with van der Waals surface area (Å²) >= 11 is 0. The molecule has 5 heteroatoms. The molecule has 1 aromatic carbocycles. The van der Waals surface area contributed by atoms with E-state index in [1.54, 1.807) is 28.9 Å². The molecule has 2 rings (SSSR count). The van der Waals surface area contributed by atoms with Crippen LogP contribution in [0.5, 0.6) is 0 Å². The van der Waals surface area contributed by atoms with Crippen LogP contribution in [-0.4, -0.2) is 27.4 Å². The maximum Gasteiger partial charge on any atom is 0.251 e. The fourth-order valence-corrected chi connectivity index (χ4v) is 1.76. The van der Waals surface area contributed by atoms with E-state index in [-0.39, 0.29) is 12.5 Å². The van der Waals surface area contributed by atoms with Crippen molar-refractivity contribution in [3.8, 4) is 11.8 Å². The molecular formula is C16H17N3O2. The minimum absolute atomic E-state index is 0.0566. The first kappa shape index (κ1) is 14.8. The number of aliphatic hydroxyl groups excluding tert-OH is 1. The van der Waals surface area contributed by atoms with Crippen LogP contribution in [0, 0.1) is 11.8 Å². The Balaban J connectivity index is 1.92. The highest BCUT2D eigenvalue weighted by molar-refractivity contribution is 5.94. The van der Waals surface area contributed by atoms with Crippen molar-refractivity contribution < 1.29 is 9.90 Å². The number of benzene rings is 1. The maximum atomic E-state index is 12.0. The molecule has 5 nitrogen and oxygen atoms in total. The average molecular weight is 283 g/mol. The van der Waals surface area contributed by atoms with Crippen LogP contribution < -0.4 is 5.32 Å². The van der Waals surface area contributed by atoms with Crippen molar-refractivity contribution >= 4 is 5.91 Å². The summed E-state index contributed by atoms with van der Waals surface area (Å²) in [6.45, 7) is 0.457. The highest BCUT2D eigenvalue weighted by Crippen LogP contribution is 2.04. The topological polar surface area (TPSA) is 67.2 Å². The van der Waals surface area contributed by atoms with Crippen LogP contribution in [0.15, 0.2) is 36.5 Å². The molecule has 0 fully saturated rings. The zero-order valence-electron chi connectivity index (χ0n) is 11.8. The number of nitrogens with zero attached hydrogens (tertiary/aromatic N) is 2. The lowest BCUT2D eigenvalue weighted by Crippen LogP contribution is -2.23. The summed E-state index contributed by atoms with van der Waals surface area (Å²) in [6.07, 6.45) is 2.29. The van der Waals surface area contributed by atoms with Crippen molar-refractivity contribution in [3.63, 3.8) is 0 Å². The zero-order valence-corrected chi connectivity index (χ0v) is 11.8. The molecule has 0 unspecified atom stereocenters. The molecule has 1 amide bonds. The third kappa shape index (κ3) is 4.48. The molecular weight excluding hydrogens is 266 g/mol. The largest absolute Gasteiger partial charge is 0.395 e. The van der Waals surface area contributed by atoms with Crippen LogP contribution in [-0.2, 0) is 13.6 Å². The monoisotopic (exact) mass is 283 g/mol. The van der Waals surface area contributed by atoms with Gasteiger partial charge >= 0.3 is 0 Å². The molecule has 2 aromatic rings. The number of aliphatic hydroxyl groups is 1. The van der Waals surface area contributed by atoms with Crippen molar-refractivity contribution in [2.45, 2.75) is 13.0 Å². The fourth-order valence-electron chi connectivity index (χ4n) is 1.76. The smallest absolute Gasteiger partial charge is 0.251 e. The summed E-state index contributed by atoms with van der Waals surface area (Å²) in [7, 11) is 1.84. The van der Waals surface area contributed by atoms with Crippen molar-refractivity contribution in [2.75, 3.05) is 6.61 Å². The Hall–Kier alpha value is -2.58. The third-order valence-electron chi connectivity index (χ3n) is 2.82. The number of nitrogens with one attached hydrogen (secondary N) is 1. The van der Waals surface area contributed by atoms with E-state index < -0.39 is 0 Å². The number of carbonyl (C=O) groups excluding carboxylic acids is 1. The predicted molar refractivity (Wildman–Crippen MR) is 79.4 cm³/mol. The van der Waals surface area contributed by atoms with Gasteiger partial charge in [-0.25, -0.2) is 0 Å². The van der Waals surface area contributed by atoms with E-state index in [4.69, 9.17) is 5.11 Å². The predicted octanol–water partition coefficient (Wildman–Crippen LogP) is 1.08. The van der Waals surface area contributed by atoms with Gasteiger partial charge in [-0.2, -0.15) is 5.10 Å². The van der Waals surface area contributed by atoms with Crippen molar-refractivity contribution in [2.24, 2.45) is 7.05 Å². The van der Waals surface area contributed by atoms with Gasteiger partial charge < -0.3 is 10.4 Å². The Bertz CT molecular complexity index is 663. The molecule has 1 aromatic heterocycles. The van der Waals surface area contributed by atoms with Crippen LogP contribution in [0.2, 0.25) is 0 Å². The van der Waals surface area contributed by atoms with Crippen molar-refractivity contribution in [3.05, 3.63) is 53.3 Å². The van der Waals surface area contributed by atoms with Gasteiger partial charge in [-0.3, -0.25) is 9.48 Å². The van der Waals surface area contributed by atoms with Gasteiger partial charge in [0, 0.05) is 30.8 Å². The van der Waals surface area contributed by atoms with E-state index in [0.717, 1.165) is 11.3 Å². The fraction of sp³-hybridized carbons (Fsp3) is 0.250. The molecule has 108 valence electrons. The number of hydrogen-bond acceptors (Lipinski definition) is 3. The van der Waals surface area contributed by atoms with Crippen LogP contribution in [0.1, 0.15) is 28.0 Å². The van der Waals surface area contributed by atoms with Crippen LogP contribution in [0.4, 0.5) is 0 Å². The number of amides is 1. The molecule has 0 aliphatic carbocycles. The summed E-state index contributed by atoms with van der Waals surface area (Å²) in [5.41, 5.74) is 2.22. The molecule has 0 saturated heterocycles. The Kier molecular flexibility index (Phi) is 5.13. The lowest BCUT2D eigenvalue weighted by atomic mass is 10.1. The van der Waals surface area contributed by atoms with E-state index in [1.165, 1.54) is 0 Å². The van der Waals surface area contributed by atoms with Gasteiger partial charge in [0.2, 0.25) is 0 Å².